The van der Waals surface area contributed by atoms with Crippen molar-refractivity contribution in [1.29, 1.82) is 0 Å². The van der Waals surface area contributed by atoms with Crippen LogP contribution in [0.3, 0.4) is 0 Å². The molecule has 0 aromatic heterocycles. The molecule has 8 N–H and O–H groups in total. The van der Waals surface area contributed by atoms with Gasteiger partial charge in [-0.1, -0.05) is 0 Å². The van der Waals surface area contributed by atoms with E-state index in [1.165, 1.54) is 0 Å². The summed E-state index contributed by atoms with van der Waals surface area (Å²) in [7, 11) is 0. The number of aromatic hydroxyl groups is 6. The summed E-state index contributed by atoms with van der Waals surface area (Å²) < 4.78 is 9.42. The lowest BCUT2D eigenvalue weighted by Crippen LogP contribution is -2.35. The highest BCUT2D eigenvalue weighted by molar-refractivity contribution is 5.91. The highest BCUT2D eigenvalue weighted by Gasteiger charge is 2.23. The zero-order valence-corrected chi connectivity index (χ0v) is 15.1. The second-order valence-electron chi connectivity index (χ2n) is 6.06. The predicted molar refractivity (Wildman–Crippen MR) is 95.5 cm³/mol. The quantitative estimate of drug-likeness (QED) is 0.211. The molecule has 0 saturated carbocycles. The summed E-state index contributed by atoms with van der Waals surface area (Å²) in [6.45, 7) is -1.50. The lowest BCUT2D eigenvalue weighted by molar-refractivity contribution is -0.0529. The molecule has 2 aromatic rings. The molecule has 0 amide bonds. The maximum atomic E-state index is 11.9. The molecule has 2 rings (SSSR count). The largest absolute Gasteiger partial charge is 0.504 e. The lowest BCUT2D eigenvalue weighted by Gasteiger charge is -2.18. The van der Waals surface area contributed by atoms with E-state index in [1.807, 2.05) is 0 Å². The Labute approximate surface area is 168 Å². The van der Waals surface area contributed by atoms with Crippen molar-refractivity contribution >= 4 is 11.9 Å². The molecule has 0 aliphatic heterocycles. The van der Waals surface area contributed by atoms with Crippen molar-refractivity contribution in [2.24, 2.45) is 0 Å². The Hall–Kier alpha value is -3.90. The highest BCUT2D eigenvalue weighted by Crippen LogP contribution is 2.36. The molecule has 0 aliphatic rings. The van der Waals surface area contributed by atoms with Gasteiger partial charge in [-0.3, -0.25) is 0 Å². The Morgan fingerprint density at radius 3 is 1.17 bits per heavy atom. The van der Waals surface area contributed by atoms with Crippen LogP contribution in [0.2, 0.25) is 0 Å². The summed E-state index contributed by atoms with van der Waals surface area (Å²) in [5.74, 6) is -6.97. The van der Waals surface area contributed by atoms with Crippen molar-refractivity contribution < 1.29 is 59.9 Å². The minimum absolute atomic E-state index is 0.345. The maximum Gasteiger partial charge on any atom is 0.338 e. The molecule has 0 radical (unpaired) electrons. The molecule has 0 unspecified atom stereocenters. The van der Waals surface area contributed by atoms with E-state index in [-0.39, 0.29) is 11.1 Å². The number of phenols is 6. The van der Waals surface area contributed by atoms with Crippen molar-refractivity contribution in [3.8, 4) is 34.5 Å². The molecule has 0 aliphatic carbocycles. The van der Waals surface area contributed by atoms with Gasteiger partial charge in [0.05, 0.1) is 11.1 Å². The number of rotatable bonds is 7. The summed E-state index contributed by atoms with van der Waals surface area (Å²) in [5, 5.41) is 75.5. The van der Waals surface area contributed by atoms with E-state index in [1.54, 1.807) is 0 Å². The number of phenolic OH excluding ortho intramolecular Hbond substituents is 6. The standard InChI is InChI=1S/C18H18O12/c19-9-1-7(2-10(20)15(9)25)17(27)29-5-13(23)14(24)6-30-18(28)8-3-11(21)16(26)12(22)4-8/h1-4,13-14,19-26H,5-6H2/t13-,14-/m0/s1. The Morgan fingerprint density at radius 2 is 0.900 bits per heavy atom. The molecular formula is C18H18O12. The summed E-state index contributed by atoms with van der Waals surface area (Å²) in [5.41, 5.74) is -0.689. The third-order valence-electron chi connectivity index (χ3n) is 3.83. The second-order valence-corrected chi connectivity index (χ2v) is 6.06. The normalized spacial score (nSPS) is 12.7. The van der Waals surface area contributed by atoms with E-state index in [9.17, 15) is 50.4 Å². The van der Waals surface area contributed by atoms with E-state index in [2.05, 4.69) is 0 Å². The molecule has 0 heterocycles. The molecule has 162 valence electrons. The average Bonchev–Trinajstić information content (AvgIpc) is 2.70. The third-order valence-corrected chi connectivity index (χ3v) is 3.83. The molecule has 2 aromatic carbocycles. The van der Waals surface area contributed by atoms with Crippen molar-refractivity contribution in [1.82, 2.24) is 0 Å². The smallest absolute Gasteiger partial charge is 0.338 e. The fraction of sp³-hybridized carbons (Fsp3) is 0.222. The topological polar surface area (TPSA) is 214 Å². The first kappa shape index (κ1) is 22.4. The number of aliphatic hydroxyl groups is 2. The number of ether oxygens (including phenoxy) is 2. The van der Waals surface area contributed by atoms with Gasteiger partial charge in [0, 0.05) is 0 Å². The summed E-state index contributed by atoms with van der Waals surface area (Å²) in [4.78, 5) is 23.7. The fourth-order valence-electron chi connectivity index (χ4n) is 2.16. The van der Waals surface area contributed by atoms with Crippen molar-refractivity contribution in [3.05, 3.63) is 35.4 Å². The molecule has 0 bridgehead atoms. The lowest BCUT2D eigenvalue weighted by atomic mass is 10.2. The van der Waals surface area contributed by atoms with Crippen LogP contribution in [0.4, 0.5) is 0 Å². The number of esters is 2. The first-order valence-electron chi connectivity index (χ1n) is 8.21. The SMILES string of the molecule is O=C(OC[C@H](O)[C@@H](O)COC(=O)c1cc(O)c(O)c(O)c1)c1cc(O)c(O)c(O)c1. The zero-order valence-electron chi connectivity index (χ0n) is 15.1. The van der Waals surface area contributed by atoms with E-state index in [0.29, 0.717) is 0 Å². The second kappa shape index (κ2) is 9.07. The van der Waals surface area contributed by atoms with Gasteiger partial charge in [0.2, 0.25) is 0 Å². The van der Waals surface area contributed by atoms with Crippen LogP contribution in [-0.4, -0.2) is 78.2 Å². The Kier molecular flexibility index (Phi) is 6.77. The highest BCUT2D eigenvalue weighted by atomic mass is 16.6. The Morgan fingerprint density at radius 1 is 0.633 bits per heavy atom. The van der Waals surface area contributed by atoms with E-state index < -0.39 is 71.9 Å². The van der Waals surface area contributed by atoms with Gasteiger partial charge >= 0.3 is 11.9 Å². The van der Waals surface area contributed by atoms with E-state index >= 15 is 0 Å². The minimum atomic E-state index is -1.69. The molecule has 30 heavy (non-hydrogen) atoms. The number of hydrogen-bond donors (Lipinski definition) is 8. The first-order valence-corrected chi connectivity index (χ1v) is 8.21. The van der Waals surface area contributed by atoms with Crippen LogP contribution in [0.15, 0.2) is 24.3 Å². The maximum absolute atomic E-state index is 11.9. The summed E-state index contributed by atoms with van der Waals surface area (Å²) >= 11 is 0. The fourth-order valence-corrected chi connectivity index (χ4v) is 2.16. The molecule has 2 atom stereocenters. The summed E-state index contributed by atoms with van der Waals surface area (Å²) in [6, 6.07) is 3.24. The van der Waals surface area contributed by atoms with Gasteiger partial charge in [-0.15, -0.1) is 0 Å². The van der Waals surface area contributed by atoms with Crippen LogP contribution >= 0.6 is 0 Å². The minimum Gasteiger partial charge on any atom is -0.504 e. The first-order chi connectivity index (χ1) is 14.0. The van der Waals surface area contributed by atoms with Gasteiger partial charge < -0.3 is 50.3 Å². The van der Waals surface area contributed by atoms with Gasteiger partial charge in [-0.2, -0.15) is 0 Å². The number of benzene rings is 2. The van der Waals surface area contributed by atoms with Crippen molar-refractivity contribution in [3.63, 3.8) is 0 Å². The van der Waals surface area contributed by atoms with Crippen LogP contribution in [0.1, 0.15) is 20.7 Å². The van der Waals surface area contributed by atoms with Gasteiger partial charge in [-0.25, -0.2) is 9.59 Å². The Bertz CT molecular complexity index is 831. The number of aliphatic hydroxyl groups excluding tert-OH is 2. The molecule has 0 saturated heterocycles. The van der Waals surface area contributed by atoms with Crippen LogP contribution in [0.25, 0.3) is 0 Å². The Balaban J connectivity index is 1.88. The van der Waals surface area contributed by atoms with Gasteiger partial charge in [-0.05, 0) is 24.3 Å². The monoisotopic (exact) mass is 426 g/mol. The number of carbonyl (C=O) groups is 2. The number of carbonyl (C=O) groups excluding carboxylic acids is 2. The van der Waals surface area contributed by atoms with Gasteiger partial charge in [0.25, 0.3) is 0 Å². The van der Waals surface area contributed by atoms with Crippen LogP contribution in [0.5, 0.6) is 34.5 Å². The van der Waals surface area contributed by atoms with Gasteiger partial charge in [0.1, 0.15) is 25.4 Å². The number of hydrogen-bond acceptors (Lipinski definition) is 12. The van der Waals surface area contributed by atoms with E-state index in [0.717, 1.165) is 24.3 Å². The molecule has 12 nitrogen and oxygen atoms in total. The zero-order chi connectivity index (χ0) is 22.6. The van der Waals surface area contributed by atoms with Crippen LogP contribution < -0.4 is 0 Å². The third kappa shape index (κ3) is 5.12. The molecule has 12 heteroatoms. The molecular weight excluding hydrogens is 408 g/mol. The van der Waals surface area contributed by atoms with Crippen LogP contribution in [-0.2, 0) is 9.47 Å². The predicted octanol–water partition coefficient (Wildman–Crippen LogP) is -0.344. The van der Waals surface area contributed by atoms with Crippen molar-refractivity contribution in [2.75, 3.05) is 13.2 Å². The molecule has 0 spiro atoms. The van der Waals surface area contributed by atoms with Crippen molar-refractivity contribution in [2.45, 2.75) is 12.2 Å². The van der Waals surface area contributed by atoms with Crippen LogP contribution in [0, 0.1) is 0 Å². The summed E-state index contributed by atoms with van der Waals surface area (Å²) in [6.07, 6.45) is -3.38. The average molecular weight is 426 g/mol. The molecule has 0 fully saturated rings. The van der Waals surface area contributed by atoms with Gasteiger partial charge in [0.15, 0.2) is 34.5 Å². The van der Waals surface area contributed by atoms with E-state index in [4.69, 9.17) is 9.47 Å².